The van der Waals surface area contributed by atoms with Gasteiger partial charge in [0.1, 0.15) is 11.3 Å². The third-order valence-electron chi connectivity index (χ3n) is 5.78. The number of nitrogens with zero attached hydrogens (tertiary/aromatic N) is 4. The van der Waals surface area contributed by atoms with Crippen LogP contribution in [0.25, 0.3) is 11.1 Å². The average Bonchev–Trinajstić information content (AvgIpc) is 3.42. The van der Waals surface area contributed by atoms with Gasteiger partial charge in [0, 0.05) is 42.9 Å². The minimum absolute atomic E-state index is 0.0754. The fourth-order valence-electron chi connectivity index (χ4n) is 4.02. The molecule has 1 aliphatic heterocycles. The van der Waals surface area contributed by atoms with Gasteiger partial charge >= 0.3 is 0 Å². The monoisotopic (exact) mass is 462 g/mol. The Morgan fingerprint density at radius 3 is 2.67 bits per heavy atom. The van der Waals surface area contributed by atoms with E-state index in [1.807, 2.05) is 67.3 Å². The van der Waals surface area contributed by atoms with Crippen LogP contribution in [0.3, 0.4) is 0 Å². The van der Waals surface area contributed by atoms with Crippen molar-refractivity contribution in [2.75, 3.05) is 26.2 Å². The van der Waals surface area contributed by atoms with E-state index < -0.39 is 0 Å². The highest BCUT2D eigenvalue weighted by molar-refractivity contribution is 7.98. The summed E-state index contributed by atoms with van der Waals surface area (Å²) in [7, 11) is 0. The SMILES string of the molecule is Cc1ccc2nc(CN3CCN(C(=O)c4ccccc4SCc4cc(C)on4)CC3)oc2c1. The number of carbonyl (C=O) groups excluding carboxylic acids is 1. The number of carbonyl (C=O) groups is 1. The number of fused-ring (bicyclic) bond motifs is 1. The summed E-state index contributed by atoms with van der Waals surface area (Å²) in [6, 6.07) is 15.8. The van der Waals surface area contributed by atoms with E-state index in [0.29, 0.717) is 25.4 Å². The molecule has 1 aliphatic rings. The summed E-state index contributed by atoms with van der Waals surface area (Å²) in [5, 5.41) is 4.05. The maximum Gasteiger partial charge on any atom is 0.255 e. The molecule has 0 aliphatic carbocycles. The topological polar surface area (TPSA) is 75.6 Å². The van der Waals surface area contributed by atoms with Gasteiger partial charge in [0.15, 0.2) is 5.58 Å². The number of aryl methyl sites for hydroxylation is 2. The van der Waals surface area contributed by atoms with Gasteiger partial charge in [0.25, 0.3) is 5.91 Å². The molecule has 33 heavy (non-hydrogen) atoms. The van der Waals surface area contributed by atoms with Gasteiger partial charge in [-0.3, -0.25) is 9.69 Å². The summed E-state index contributed by atoms with van der Waals surface area (Å²) >= 11 is 1.61. The molecule has 4 aromatic rings. The van der Waals surface area contributed by atoms with E-state index in [1.165, 1.54) is 0 Å². The molecule has 0 atom stereocenters. The van der Waals surface area contributed by atoms with Gasteiger partial charge in [-0.2, -0.15) is 0 Å². The Bertz CT molecular complexity index is 1270. The first-order valence-corrected chi connectivity index (χ1v) is 12.1. The van der Waals surface area contributed by atoms with Crippen LogP contribution in [0.2, 0.25) is 0 Å². The Labute approximate surface area is 196 Å². The number of benzene rings is 2. The molecule has 2 aromatic heterocycles. The van der Waals surface area contributed by atoms with Gasteiger partial charge in [-0.1, -0.05) is 23.4 Å². The van der Waals surface area contributed by atoms with E-state index in [2.05, 4.69) is 15.0 Å². The van der Waals surface area contributed by atoms with Gasteiger partial charge in [0.2, 0.25) is 5.89 Å². The number of piperazine rings is 1. The second-order valence-corrected chi connectivity index (χ2v) is 9.38. The lowest BCUT2D eigenvalue weighted by molar-refractivity contribution is 0.0615. The van der Waals surface area contributed by atoms with Gasteiger partial charge in [0.05, 0.1) is 17.8 Å². The van der Waals surface area contributed by atoms with Gasteiger partial charge in [-0.05, 0) is 43.7 Å². The van der Waals surface area contributed by atoms with Crippen molar-refractivity contribution in [3.63, 3.8) is 0 Å². The van der Waals surface area contributed by atoms with E-state index in [9.17, 15) is 4.79 Å². The highest BCUT2D eigenvalue weighted by atomic mass is 32.2. The van der Waals surface area contributed by atoms with Crippen LogP contribution in [-0.4, -0.2) is 52.0 Å². The van der Waals surface area contributed by atoms with E-state index in [0.717, 1.165) is 57.6 Å². The number of hydrogen-bond donors (Lipinski definition) is 0. The van der Waals surface area contributed by atoms with Crippen LogP contribution in [0.4, 0.5) is 0 Å². The lowest BCUT2D eigenvalue weighted by Crippen LogP contribution is -2.48. The van der Waals surface area contributed by atoms with Crippen LogP contribution < -0.4 is 0 Å². The molecule has 0 spiro atoms. The zero-order valence-electron chi connectivity index (χ0n) is 18.8. The van der Waals surface area contributed by atoms with Crippen LogP contribution in [0.5, 0.6) is 0 Å². The fraction of sp³-hybridized carbons (Fsp3) is 0.320. The third-order valence-corrected chi connectivity index (χ3v) is 6.88. The van der Waals surface area contributed by atoms with Crippen LogP contribution in [0.1, 0.15) is 33.3 Å². The van der Waals surface area contributed by atoms with Gasteiger partial charge in [-0.25, -0.2) is 4.98 Å². The van der Waals surface area contributed by atoms with Crippen molar-refractivity contribution in [2.45, 2.75) is 31.0 Å². The summed E-state index contributed by atoms with van der Waals surface area (Å²) in [6.07, 6.45) is 0. The Hall–Kier alpha value is -3.10. The van der Waals surface area contributed by atoms with Crippen molar-refractivity contribution in [3.8, 4) is 0 Å². The molecule has 1 saturated heterocycles. The highest BCUT2D eigenvalue weighted by Gasteiger charge is 2.25. The maximum absolute atomic E-state index is 13.3. The predicted molar refractivity (Wildman–Crippen MR) is 127 cm³/mol. The number of aromatic nitrogens is 2. The quantitative estimate of drug-likeness (QED) is 0.385. The number of hydrogen-bond acceptors (Lipinski definition) is 7. The van der Waals surface area contributed by atoms with Crippen molar-refractivity contribution >= 4 is 28.8 Å². The first-order chi connectivity index (χ1) is 16.0. The number of amides is 1. The summed E-state index contributed by atoms with van der Waals surface area (Å²) in [4.78, 5) is 23.1. The summed E-state index contributed by atoms with van der Waals surface area (Å²) in [5.74, 6) is 2.26. The molecule has 0 saturated carbocycles. The Morgan fingerprint density at radius 2 is 1.88 bits per heavy atom. The zero-order valence-corrected chi connectivity index (χ0v) is 19.6. The number of rotatable bonds is 6. The van der Waals surface area contributed by atoms with E-state index in [-0.39, 0.29) is 5.91 Å². The van der Waals surface area contributed by atoms with Gasteiger partial charge in [-0.15, -0.1) is 11.8 Å². The lowest BCUT2D eigenvalue weighted by Gasteiger charge is -2.34. The maximum atomic E-state index is 13.3. The first-order valence-electron chi connectivity index (χ1n) is 11.1. The standard InChI is InChI=1S/C25H26N4O3S/c1-17-7-8-21-22(13-17)31-24(26-21)15-28-9-11-29(12-10-28)25(30)20-5-3-4-6-23(20)33-16-19-14-18(2)32-27-19/h3-8,13-14H,9-12,15-16H2,1-2H3. The molecule has 0 N–H and O–H groups in total. The van der Waals surface area contributed by atoms with Crippen molar-refractivity contribution < 1.29 is 13.7 Å². The van der Waals surface area contributed by atoms with Crippen LogP contribution in [0.15, 0.2) is 62.4 Å². The Morgan fingerprint density at radius 1 is 1.06 bits per heavy atom. The second kappa shape index (κ2) is 9.41. The number of oxazole rings is 1. The highest BCUT2D eigenvalue weighted by Crippen LogP contribution is 2.27. The minimum atomic E-state index is 0.0754. The van der Waals surface area contributed by atoms with Crippen LogP contribution in [0, 0.1) is 13.8 Å². The zero-order chi connectivity index (χ0) is 22.8. The van der Waals surface area contributed by atoms with Crippen LogP contribution in [-0.2, 0) is 12.3 Å². The molecule has 0 bridgehead atoms. The summed E-state index contributed by atoms with van der Waals surface area (Å²) in [5.41, 5.74) is 4.49. The smallest absolute Gasteiger partial charge is 0.255 e. The molecule has 1 amide bonds. The molecule has 0 unspecified atom stereocenters. The van der Waals surface area contributed by atoms with E-state index in [1.54, 1.807) is 11.8 Å². The minimum Gasteiger partial charge on any atom is -0.439 e. The largest absolute Gasteiger partial charge is 0.439 e. The third kappa shape index (κ3) is 4.96. The molecule has 170 valence electrons. The summed E-state index contributed by atoms with van der Waals surface area (Å²) in [6.45, 7) is 7.51. The second-order valence-electron chi connectivity index (χ2n) is 8.36. The van der Waals surface area contributed by atoms with E-state index >= 15 is 0 Å². The Balaban J connectivity index is 1.19. The van der Waals surface area contributed by atoms with Crippen LogP contribution >= 0.6 is 11.8 Å². The molecular weight excluding hydrogens is 436 g/mol. The fourth-order valence-corrected chi connectivity index (χ4v) is 4.95. The number of thioether (sulfide) groups is 1. The van der Waals surface area contributed by atoms with E-state index in [4.69, 9.17) is 8.94 Å². The van der Waals surface area contributed by atoms with Crippen molar-refractivity contribution in [1.29, 1.82) is 0 Å². The lowest BCUT2D eigenvalue weighted by atomic mass is 10.2. The van der Waals surface area contributed by atoms with Crippen molar-refractivity contribution in [1.82, 2.24) is 19.9 Å². The van der Waals surface area contributed by atoms with Crippen molar-refractivity contribution in [2.24, 2.45) is 0 Å². The van der Waals surface area contributed by atoms with Gasteiger partial charge < -0.3 is 13.8 Å². The predicted octanol–water partition coefficient (Wildman–Crippen LogP) is 4.68. The molecular formula is C25H26N4O3S. The molecule has 5 rings (SSSR count). The molecule has 8 heteroatoms. The molecule has 2 aromatic carbocycles. The molecule has 3 heterocycles. The molecule has 1 fully saturated rings. The molecule has 0 radical (unpaired) electrons. The summed E-state index contributed by atoms with van der Waals surface area (Å²) < 4.78 is 11.1. The molecule has 7 nitrogen and oxygen atoms in total. The first kappa shape index (κ1) is 21.7. The average molecular weight is 463 g/mol. The Kier molecular flexibility index (Phi) is 6.20. The normalized spacial score (nSPS) is 14.8. The van der Waals surface area contributed by atoms with Crippen molar-refractivity contribution in [3.05, 3.63) is 77.0 Å².